The average molecular weight is 287 g/mol. The standard InChI is InChI=1S/C17H22NOP/c1-4-13-6-7-15-16(18-13)9-8-14(12(2)3)17(15)20(19)10-5-11-20/h6-9,12H,4-5,10-11H2,1-3H3. The highest BCUT2D eigenvalue weighted by atomic mass is 31.2. The van der Waals surface area contributed by atoms with Gasteiger partial charge in [-0.05, 0) is 36.5 Å². The van der Waals surface area contributed by atoms with Gasteiger partial charge in [0.2, 0.25) is 0 Å². The van der Waals surface area contributed by atoms with Crippen molar-refractivity contribution in [1.29, 1.82) is 0 Å². The minimum absolute atomic E-state index is 0.409. The molecule has 1 fully saturated rings. The number of aromatic nitrogens is 1. The zero-order chi connectivity index (χ0) is 14.3. The van der Waals surface area contributed by atoms with E-state index in [1.165, 1.54) is 5.56 Å². The van der Waals surface area contributed by atoms with Crippen LogP contribution in [0, 0.1) is 0 Å². The number of nitrogens with zero attached hydrogens (tertiary/aromatic N) is 1. The highest BCUT2D eigenvalue weighted by molar-refractivity contribution is 7.73. The molecule has 3 rings (SSSR count). The largest absolute Gasteiger partial charge is 0.319 e. The van der Waals surface area contributed by atoms with Crippen LogP contribution < -0.4 is 5.30 Å². The molecule has 0 aliphatic carbocycles. The summed E-state index contributed by atoms with van der Waals surface area (Å²) in [4.78, 5) is 4.71. The third kappa shape index (κ3) is 2.11. The second kappa shape index (κ2) is 5.00. The van der Waals surface area contributed by atoms with Gasteiger partial charge in [0.15, 0.2) is 0 Å². The Kier molecular flexibility index (Phi) is 3.46. The molecular formula is C17H22NOP. The van der Waals surface area contributed by atoms with Gasteiger partial charge in [0.25, 0.3) is 0 Å². The highest BCUT2D eigenvalue weighted by Gasteiger charge is 2.36. The SMILES string of the molecule is CCc1ccc2c(P3(=O)CCC3)c(C(C)C)ccc2n1. The smallest absolute Gasteiger partial charge is 0.116 e. The van der Waals surface area contributed by atoms with E-state index in [0.29, 0.717) is 5.92 Å². The quantitative estimate of drug-likeness (QED) is 0.787. The van der Waals surface area contributed by atoms with Gasteiger partial charge < -0.3 is 4.57 Å². The Bertz CT molecular complexity index is 697. The summed E-state index contributed by atoms with van der Waals surface area (Å²) in [7, 11) is -2.15. The lowest BCUT2D eigenvalue weighted by Crippen LogP contribution is -2.24. The van der Waals surface area contributed by atoms with E-state index in [0.717, 1.165) is 47.1 Å². The van der Waals surface area contributed by atoms with Gasteiger partial charge in [-0.3, -0.25) is 4.98 Å². The summed E-state index contributed by atoms with van der Waals surface area (Å²) in [6.45, 7) is 6.49. The van der Waals surface area contributed by atoms with Crippen LogP contribution >= 0.6 is 7.14 Å². The van der Waals surface area contributed by atoms with Gasteiger partial charge in [0, 0.05) is 28.7 Å². The number of pyridine rings is 1. The van der Waals surface area contributed by atoms with Crippen LogP contribution in [-0.2, 0) is 11.0 Å². The van der Waals surface area contributed by atoms with Crippen LogP contribution in [0.25, 0.3) is 10.9 Å². The topological polar surface area (TPSA) is 30.0 Å². The summed E-state index contributed by atoms with van der Waals surface area (Å²) in [5.74, 6) is 0.409. The van der Waals surface area contributed by atoms with Gasteiger partial charge in [0.05, 0.1) is 5.52 Å². The van der Waals surface area contributed by atoms with Gasteiger partial charge in [-0.25, -0.2) is 0 Å². The molecule has 1 aliphatic heterocycles. The molecule has 2 aromatic rings. The molecule has 2 heterocycles. The monoisotopic (exact) mass is 287 g/mol. The van der Waals surface area contributed by atoms with Gasteiger partial charge >= 0.3 is 0 Å². The number of aryl methyl sites for hydroxylation is 1. The molecule has 0 N–H and O–H groups in total. The first-order valence-electron chi connectivity index (χ1n) is 7.56. The number of hydrogen-bond acceptors (Lipinski definition) is 2. The van der Waals surface area contributed by atoms with Gasteiger partial charge in [-0.2, -0.15) is 0 Å². The van der Waals surface area contributed by atoms with Gasteiger partial charge in [0.1, 0.15) is 7.14 Å². The minimum Gasteiger partial charge on any atom is -0.319 e. The molecule has 0 radical (unpaired) electrons. The third-order valence-electron chi connectivity index (χ3n) is 4.36. The molecule has 3 heteroatoms. The molecule has 0 spiro atoms. The maximum atomic E-state index is 13.1. The average Bonchev–Trinajstić information content (AvgIpc) is 2.42. The Labute approximate surface area is 121 Å². The van der Waals surface area contributed by atoms with Crippen LogP contribution in [0.2, 0.25) is 0 Å². The summed E-state index contributed by atoms with van der Waals surface area (Å²) >= 11 is 0. The molecule has 1 saturated heterocycles. The van der Waals surface area contributed by atoms with E-state index >= 15 is 0 Å². The van der Waals surface area contributed by atoms with Crippen molar-refractivity contribution in [2.24, 2.45) is 0 Å². The molecule has 1 aliphatic rings. The van der Waals surface area contributed by atoms with Crippen molar-refractivity contribution < 1.29 is 4.57 Å². The second-order valence-corrected chi connectivity index (χ2v) is 9.19. The number of fused-ring (bicyclic) bond motifs is 1. The maximum absolute atomic E-state index is 13.1. The lowest BCUT2D eigenvalue weighted by molar-refractivity contribution is 0.570. The Morgan fingerprint density at radius 3 is 2.50 bits per heavy atom. The van der Waals surface area contributed by atoms with Crippen LogP contribution in [0.1, 0.15) is 44.4 Å². The molecule has 2 nitrogen and oxygen atoms in total. The third-order valence-corrected chi connectivity index (χ3v) is 7.75. The van der Waals surface area contributed by atoms with E-state index in [1.54, 1.807) is 0 Å². The molecule has 0 atom stereocenters. The normalized spacial score (nSPS) is 17.4. The predicted molar refractivity (Wildman–Crippen MR) is 86.8 cm³/mol. The summed E-state index contributed by atoms with van der Waals surface area (Å²) < 4.78 is 13.1. The molecular weight excluding hydrogens is 265 g/mol. The van der Waals surface area contributed by atoms with E-state index < -0.39 is 7.14 Å². The van der Waals surface area contributed by atoms with Crippen molar-refractivity contribution in [3.05, 3.63) is 35.5 Å². The second-order valence-electron chi connectivity index (χ2n) is 6.07. The van der Waals surface area contributed by atoms with Crippen molar-refractivity contribution in [1.82, 2.24) is 4.98 Å². The Hall–Kier alpha value is -1.14. The van der Waals surface area contributed by atoms with E-state index in [1.807, 2.05) is 0 Å². The minimum atomic E-state index is -2.15. The maximum Gasteiger partial charge on any atom is 0.116 e. The van der Waals surface area contributed by atoms with E-state index in [9.17, 15) is 4.57 Å². The fourth-order valence-electron chi connectivity index (χ4n) is 3.03. The summed E-state index contributed by atoms with van der Waals surface area (Å²) in [5, 5.41) is 2.25. The van der Waals surface area contributed by atoms with Gasteiger partial charge in [-0.1, -0.05) is 32.9 Å². The molecule has 0 amide bonds. The van der Waals surface area contributed by atoms with Crippen molar-refractivity contribution in [2.45, 2.75) is 39.5 Å². The highest BCUT2D eigenvalue weighted by Crippen LogP contribution is 2.56. The summed E-state index contributed by atoms with van der Waals surface area (Å²) in [5.41, 5.74) is 3.37. The Morgan fingerprint density at radius 2 is 1.95 bits per heavy atom. The van der Waals surface area contributed by atoms with Crippen LogP contribution in [-0.4, -0.2) is 17.3 Å². The molecule has 0 bridgehead atoms. The van der Waals surface area contributed by atoms with Crippen LogP contribution in [0.4, 0.5) is 0 Å². The van der Waals surface area contributed by atoms with Crippen molar-refractivity contribution in [3.8, 4) is 0 Å². The predicted octanol–water partition coefficient (Wildman–Crippen LogP) is 4.31. The summed E-state index contributed by atoms with van der Waals surface area (Å²) in [6.07, 6.45) is 3.79. The van der Waals surface area contributed by atoms with E-state index in [2.05, 4.69) is 45.0 Å². The van der Waals surface area contributed by atoms with Crippen LogP contribution in [0.5, 0.6) is 0 Å². The van der Waals surface area contributed by atoms with Crippen molar-refractivity contribution in [3.63, 3.8) is 0 Å². The number of benzene rings is 1. The zero-order valence-electron chi connectivity index (χ0n) is 12.5. The molecule has 0 saturated carbocycles. The molecule has 0 unspecified atom stereocenters. The molecule has 1 aromatic heterocycles. The van der Waals surface area contributed by atoms with Crippen LogP contribution in [0.15, 0.2) is 24.3 Å². The fraction of sp³-hybridized carbons (Fsp3) is 0.471. The van der Waals surface area contributed by atoms with Gasteiger partial charge in [-0.15, -0.1) is 0 Å². The first-order valence-corrected chi connectivity index (χ1v) is 9.64. The Balaban J connectivity index is 2.31. The zero-order valence-corrected chi connectivity index (χ0v) is 13.4. The molecule has 1 aromatic carbocycles. The first kappa shape index (κ1) is 13.8. The molecule has 20 heavy (non-hydrogen) atoms. The Morgan fingerprint density at radius 1 is 1.20 bits per heavy atom. The number of rotatable bonds is 3. The van der Waals surface area contributed by atoms with Crippen LogP contribution in [0.3, 0.4) is 0 Å². The lowest BCUT2D eigenvalue weighted by Gasteiger charge is -2.31. The fourth-order valence-corrected chi connectivity index (χ4v) is 5.80. The van der Waals surface area contributed by atoms with Crippen molar-refractivity contribution >= 4 is 23.3 Å². The van der Waals surface area contributed by atoms with E-state index in [4.69, 9.17) is 4.98 Å². The van der Waals surface area contributed by atoms with E-state index in [-0.39, 0.29) is 0 Å². The number of hydrogen-bond donors (Lipinski definition) is 0. The molecule has 106 valence electrons. The lowest BCUT2D eigenvalue weighted by atomic mass is 10.0. The summed E-state index contributed by atoms with van der Waals surface area (Å²) in [6, 6.07) is 8.47. The van der Waals surface area contributed by atoms with Crippen molar-refractivity contribution in [2.75, 3.05) is 12.3 Å². The first-order chi connectivity index (χ1) is 9.55.